The Morgan fingerprint density at radius 2 is 1.94 bits per heavy atom. The van der Waals surface area contributed by atoms with Gasteiger partial charge in [0.1, 0.15) is 5.01 Å². The molecule has 1 aliphatic heterocycles. The molecule has 0 unspecified atom stereocenters. The van der Waals surface area contributed by atoms with Gasteiger partial charge in [0.05, 0.1) is 18.8 Å². The quantitative estimate of drug-likeness (QED) is 0.256. The number of piperidine rings is 1. The van der Waals surface area contributed by atoms with E-state index in [4.69, 9.17) is 4.99 Å². The summed E-state index contributed by atoms with van der Waals surface area (Å²) in [5, 5.41) is 19.2. The lowest BCUT2D eigenvalue weighted by atomic mass is 9.97. The molecule has 0 bridgehead atoms. The normalized spacial score (nSPS) is 15.1. The monoisotopic (exact) mass is 557 g/mol. The van der Waals surface area contributed by atoms with Crippen molar-refractivity contribution in [2.24, 2.45) is 10.9 Å². The van der Waals surface area contributed by atoms with Gasteiger partial charge in [0.2, 0.25) is 0 Å². The molecule has 0 saturated carbocycles. The summed E-state index contributed by atoms with van der Waals surface area (Å²) in [6.45, 7) is 10.9. The maximum absolute atomic E-state index is 9.31. The van der Waals surface area contributed by atoms with Crippen LogP contribution in [0.4, 0.5) is 5.69 Å². The highest BCUT2D eigenvalue weighted by Gasteiger charge is 2.18. The minimum Gasteiger partial charge on any atom is -0.396 e. The first-order valence-electron chi connectivity index (χ1n) is 11.0. The summed E-state index contributed by atoms with van der Waals surface area (Å²) in [6, 6.07) is 8.70. The molecule has 1 aromatic heterocycles. The van der Waals surface area contributed by atoms with Crippen LogP contribution < -0.4 is 15.5 Å². The Morgan fingerprint density at radius 1 is 1.23 bits per heavy atom. The average Bonchev–Trinajstić information content (AvgIpc) is 3.26. The minimum absolute atomic E-state index is 0. The molecule has 31 heavy (non-hydrogen) atoms. The smallest absolute Gasteiger partial charge is 0.191 e. The van der Waals surface area contributed by atoms with Gasteiger partial charge in [-0.2, -0.15) is 0 Å². The van der Waals surface area contributed by atoms with Crippen molar-refractivity contribution < 1.29 is 5.11 Å². The van der Waals surface area contributed by atoms with Gasteiger partial charge in [0.25, 0.3) is 0 Å². The number of benzene rings is 1. The van der Waals surface area contributed by atoms with Gasteiger partial charge in [-0.25, -0.2) is 9.98 Å². The first-order valence-corrected chi connectivity index (χ1v) is 11.9. The number of aromatic nitrogens is 1. The Hall–Kier alpha value is -1.39. The van der Waals surface area contributed by atoms with Crippen LogP contribution in [0.3, 0.4) is 0 Å². The highest BCUT2D eigenvalue weighted by Crippen LogP contribution is 2.23. The van der Waals surface area contributed by atoms with Crippen molar-refractivity contribution in [2.45, 2.75) is 52.6 Å². The van der Waals surface area contributed by atoms with Gasteiger partial charge in [-0.3, -0.25) is 0 Å². The van der Waals surface area contributed by atoms with Crippen LogP contribution in [0.2, 0.25) is 0 Å². The average molecular weight is 558 g/mol. The van der Waals surface area contributed by atoms with Crippen LogP contribution >= 0.6 is 35.3 Å². The van der Waals surface area contributed by atoms with Crippen LogP contribution in [0, 0.1) is 5.92 Å². The Kier molecular flexibility index (Phi) is 11.0. The summed E-state index contributed by atoms with van der Waals surface area (Å²) in [5.74, 6) is 1.74. The standard InChI is InChI=1S/C23H35N5OS.HI/c1-4-24-23(26-14-22-27-21(16-30-22)17(2)3)25-13-18-5-7-20(8-6-18)28-11-9-19(15-29)10-12-28;/h5-8,16-17,19,29H,4,9-15H2,1-3H3,(H2,24,25,26);1H. The summed E-state index contributed by atoms with van der Waals surface area (Å²) in [6.07, 6.45) is 2.13. The third-order valence-corrected chi connectivity index (χ3v) is 6.37. The molecule has 0 atom stereocenters. The maximum Gasteiger partial charge on any atom is 0.191 e. The van der Waals surface area contributed by atoms with Crippen molar-refractivity contribution in [1.29, 1.82) is 0 Å². The fraction of sp³-hybridized carbons (Fsp3) is 0.565. The lowest BCUT2D eigenvalue weighted by Crippen LogP contribution is -2.36. The zero-order valence-corrected chi connectivity index (χ0v) is 22.0. The van der Waals surface area contributed by atoms with Crippen molar-refractivity contribution in [2.75, 3.05) is 31.1 Å². The molecule has 0 amide bonds. The van der Waals surface area contributed by atoms with E-state index in [0.29, 0.717) is 31.5 Å². The van der Waals surface area contributed by atoms with Gasteiger partial charge in [-0.15, -0.1) is 35.3 Å². The molecule has 1 aromatic carbocycles. The van der Waals surface area contributed by atoms with Gasteiger partial charge in [0.15, 0.2) is 5.96 Å². The molecule has 172 valence electrons. The second-order valence-electron chi connectivity index (χ2n) is 8.15. The molecular weight excluding hydrogens is 521 g/mol. The SMILES string of the molecule is CCNC(=NCc1ccc(N2CCC(CO)CC2)cc1)NCc1nc(C(C)C)cs1.I. The van der Waals surface area contributed by atoms with Crippen molar-refractivity contribution in [1.82, 2.24) is 15.6 Å². The first kappa shape index (κ1) is 25.9. The number of aliphatic hydroxyl groups excluding tert-OH is 1. The summed E-state index contributed by atoms with van der Waals surface area (Å²) in [5.41, 5.74) is 3.60. The maximum atomic E-state index is 9.31. The van der Waals surface area contributed by atoms with Crippen LogP contribution in [0.1, 0.15) is 55.8 Å². The highest BCUT2D eigenvalue weighted by molar-refractivity contribution is 14.0. The number of rotatable bonds is 8. The second kappa shape index (κ2) is 13.2. The predicted octanol–water partition coefficient (Wildman–Crippen LogP) is 4.35. The van der Waals surface area contributed by atoms with E-state index in [1.807, 2.05) is 0 Å². The zero-order valence-electron chi connectivity index (χ0n) is 18.8. The van der Waals surface area contributed by atoms with Crippen molar-refractivity contribution in [3.05, 3.63) is 45.9 Å². The van der Waals surface area contributed by atoms with Crippen LogP contribution in [0.15, 0.2) is 34.6 Å². The molecule has 2 heterocycles. The summed E-state index contributed by atoms with van der Waals surface area (Å²) >= 11 is 1.69. The highest BCUT2D eigenvalue weighted by atomic mass is 127. The van der Waals surface area contributed by atoms with E-state index in [1.165, 1.54) is 11.3 Å². The van der Waals surface area contributed by atoms with E-state index in [1.54, 1.807) is 11.3 Å². The van der Waals surface area contributed by atoms with Gasteiger partial charge in [-0.1, -0.05) is 26.0 Å². The molecule has 2 aromatic rings. The molecule has 3 rings (SSSR count). The molecule has 0 aliphatic carbocycles. The number of nitrogens with one attached hydrogen (secondary N) is 2. The largest absolute Gasteiger partial charge is 0.396 e. The number of hydrogen-bond acceptors (Lipinski definition) is 5. The first-order chi connectivity index (χ1) is 14.6. The molecule has 0 spiro atoms. The number of guanidine groups is 1. The number of nitrogens with zero attached hydrogens (tertiary/aromatic N) is 3. The molecule has 1 aliphatic rings. The third kappa shape index (κ3) is 7.91. The van der Waals surface area contributed by atoms with Crippen LogP contribution in [-0.4, -0.2) is 42.3 Å². The van der Waals surface area contributed by atoms with E-state index in [0.717, 1.165) is 49.1 Å². The van der Waals surface area contributed by atoms with E-state index >= 15 is 0 Å². The zero-order chi connectivity index (χ0) is 21.3. The number of anilines is 1. The van der Waals surface area contributed by atoms with Crippen molar-refractivity contribution >= 4 is 47.0 Å². The van der Waals surface area contributed by atoms with E-state index in [-0.39, 0.29) is 24.0 Å². The third-order valence-electron chi connectivity index (χ3n) is 5.51. The van der Waals surface area contributed by atoms with Crippen LogP contribution in [0.5, 0.6) is 0 Å². The molecule has 6 nitrogen and oxygen atoms in total. The molecule has 8 heteroatoms. The number of hydrogen-bond donors (Lipinski definition) is 3. The fourth-order valence-corrected chi connectivity index (χ4v) is 4.42. The predicted molar refractivity (Wildman–Crippen MR) is 142 cm³/mol. The minimum atomic E-state index is 0. The Bertz CT molecular complexity index is 801. The van der Waals surface area contributed by atoms with Crippen LogP contribution in [0.25, 0.3) is 0 Å². The number of aliphatic imine (C=N–C) groups is 1. The Labute approximate surface area is 207 Å². The van der Waals surface area contributed by atoms with E-state index in [2.05, 4.69) is 70.9 Å². The van der Waals surface area contributed by atoms with Gasteiger partial charge >= 0.3 is 0 Å². The lowest BCUT2D eigenvalue weighted by molar-refractivity contribution is 0.203. The van der Waals surface area contributed by atoms with E-state index < -0.39 is 0 Å². The Morgan fingerprint density at radius 3 is 2.52 bits per heavy atom. The summed E-state index contributed by atoms with van der Waals surface area (Å²) in [4.78, 5) is 11.8. The summed E-state index contributed by atoms with van der Waals surface area (Å²) < 4.78 is 0. The molecule has 1 fully saturated rings. The van der Waals surface area contributed by atoms with Gasteiger partial charge in [-0.05, 0) is 49.3 Å². The topological polar surface area (TPSA) is 72.8 Å². The van der Waals surface area contributed by atoms with Crippen molar-refractivity contribution in [3.63, 3.8) is 0 Å². The Balaban J connectivity index is 0.00000341. The molecular formula is C23H36IN5OS. The molecule has 0 radical (unpaired) electrons. The number of aliphatic hydroxyl groups is 1. The van der Waals surface area contributed by atoms with Crippen LogP contribution in [-0.2, 0) is 13.1 Å². The molecule has 3 N–H and O–H groups in total. The molecule has 1 saturated heterocycles. The fourth-order valence-electron chi connectivity index (χ4n) is 3.53. The number of thiazole rings is 1. The van der Waals surface area contributed by atoms with Gasteiger partial charge in [0, 0.05) is 37.3 Å². The van der Waals surface area contributed by atoms with E-state index in [9.17, 15) is 5.11 Å². The van der Waals surface area contributed by atoms with Crippen molar-refractivity contribution in [3.8, 4) is 0 Å². The second-order valence-corrected chi connectivity index (χ2v) is 9.09. The lowest BCUT2D eigenvalue weighted by Gasteiger charge is -2.32. The number of halogens is 1. The summed E-state index contributed by atoms with van der Waals surface area (Å²) in [7, 11) is 0. The van der Waals surface area contributed by atoms with Gasteiger partial charge < -0.3 is 20.6 Å².